The average Bonchev–Trinajstić information content (AvgIpc) is 2.92. The maximum absolute atomic E-state index is 11.9. The molecule has 0 fully saturated rings. The molecule has 0 saturated heterocycles. The lowest BCUT2D eigenvalue weighted by atomic mass is 10.0. The number of hydrogen-bond donors (Lipinski definition) is 2. The van der Waals surface area contributed by atoms with E-state index in [0.717, 1.165) is 30.0 Å². The van der Waals surface area contributed by atoms with Gasteiger partial charge in [0.15, 0.2) is 0 Å². The predicted molar refractivity (Wildman–Crippen MR) is 89.9 cm³/mol. The van der Waals surface area contributed by atoms with Gasteiger partial charge in [0.25, 0.3) is 0 Å². The second kappa shape index (κ2) is 8.43. The van der Waals surface area contributed by atoms with Crippen LogP contribution < -0.4 is 5.32 Å². The Morgan fingerprint density at radius 2 is 2.04 bits per heavy atom. The normalized spacial score (nSPS) is 10.5. The third kappa shape index (κ3) is 5.49. The highest BCUT2D eigenvalue weighted by molar-refractivity contribution is 7.09. The Hall–Kier alpha value is -2.21. The zero-order valence-corrected chi connectivity index (χ0v) is 13.9. The molecule has 0 aliphatic rings. The van der Waals surface area contributed by atoms with Crippen LogP contribution in [-0.2, 0) is 17.6 Å². The number of aromatic nitrogens is 1. The van der Waals surface area contributed by atoms with E-state index >= 15 is 0 Å². The summed E-state index contributed by atoms with van der Waals surface area (Å²) in [6, 6.07) is 6.59. The molecule has 0 saturated carbocycles. The average molecular weight is 332 g/mol. The monoisotopic (exact) mass is 332 g/mol. The molecule has 0 aliphatic heterocycles. The molecule has 0 aliphatic carbocycles. The second-order valence-corrected chi connectivity index (χ2v) is 6.27. The Morgan fingerprint density at radius 3 is 2.74 bits per heavy atom. The van der Waals surface area contributed by atoms with Gasteiger partial charge >= 0.3 is 5.97 Å². The zero-order valence-electron chi connectivity index (χ0n) is 13.0. The summed E-state index contributed by atoms with van der Waals surface area (Å²) >= 11 is 1.67. The standard InChI is InChI=1S/C17H20N2O3S/c1-12-11-23-16(19-12)8-4-5-9-18-15(20)10-13-6-2-3-7-14(13)17(21)22/h2-3,6-7,11H,4-5,8-10H2,1H3,(H,18,20)(H,21,22). The van der Waals surface area contributed by atoms with E-state index in [2.05, 4.69) is 10.3 Å². The molecule has 2 N–H and O–H groups in total. The van der Waals surface area contributed by atoms with Crippen LogP contribution in [0.15, 0.2) is 29.6 Å². The number of amides is 1. The van der Waals surface area contributed by atoms with Gasteiger partial charge in [-0.25, -0.2) is 9.78 Å². The number of hydrogen-bond acceptors (Lipinski definition) is 4. The molecule has 0 bridgehead atoms. The fourth-order valence-electron chi connectivity index (χ4n) is 2.27. The number of carbonyl (C=O) groups excluding carboxylic acids is 1. The number of carboxylic acid groups (broad SMARTS) is 1. The largest absolute Gasteiger partial charge is 0.478 e. The Kier molecular flexibility index (Phi) is 6.29. The molecule has 1 heterocycles. The van der Waals surface area contributed by atoms with E-state index in [-0.39, 0.29) is 17.9 Å². The van der Waals surface area contributed by atoms with Crippen molar-refractivity contribution in [2.24, 2.45) is 0 Å². The summed E-state index contributed by atoms with van der Waals surface area (Å²) in [6.45, 7) is 2.58. The smallest absolute Gasteiger partial charge is 0.335 e. The van der Waals surface area contributed by atoms with E-state index < -0.39 is 5.97 Å². The molecule has 122 valence electrons. The van der Waals surface area contributed by atoms with E-state index in [1.54, 1.807) is 29.5 Å². The second-order valence-electron chi connectivity index (χ2n) is 5.33. The minimum absolute atomic E-state index is 0.0914. The summed E-state index contributed by atoms with van der Waals surface area (Å²) in [5.74, 6) is -1.16. The molecular formula is C17H20N2O3S. The summed E-state index contributed by atoms with van der Waals surface area (Å²) < 4.78 is 0. The number of nitrogens with zero attached hydrogens (tertiary/aromatic N) is 1. The molecule has 23 heavy (non-hydrogen) atoms. The van der Waals surface area contributed by atoms with Crippen LogP contribution in [0.1, 0.15) is 39.5 Å². The molecule has 1 aromatic heterocycles. The van der Waals surface area contributed by atoms with Gasteiger partial charge in [-0.15, -0.1) is 11.3 Å². The summed E-state index contributed by atoms with van der Waals surface area (Å²) in [5, 5.41) is 15.1. The molecular weight excluding hydrogens is 312 g/mol. The summed E-state index contributed by atoms with van der Waals surface area (Å²) in [7, 11) is 0. The van der Waals surface area contributed by atoms with Crippen LogP contribution in [0.5, 0.6) is 0 Å². The number of carboxylic acids is 1. The molecule has 6 heteroatoms. The van der Waals surface area contributed by atoms with Gasteiger partial charge in [-0.1, -0.05) is 18.2 Å². The van der Waals surface area contributed by atoms with Crippen LogP contribution in [-0.4, -0.2) is 28.5 Å². The van der Waals surface area contributed by atoms with Crippen molar-refractivity contribution in [3.05, 3.63) is 51.5 Å². The van der Waals surface area contributed by atoms with Gasteiger partial charge < -0.3 is 10.4 Å². The van der Waals surface area contributed by atoms with Crippen molar-refractivity contribution in [2.45, 2.75) is 32.6 Å². The third-order valence-corrected chi connectivity index (χ3v) is 4.43. The minimum Gasteiger partial charge on any atom is -0.478 e. The van der Waals surface area contributed by atoms with E-state index in [4.69, 9.17) is 5.11 Å². The van der Waals surface area contributed by atoms with Crippen molar-refractivity contribution in [1.29, 1.82) is 0 Å². The quantitative estimate of drug-likeness (QED) is 0.729. The number of aromatic carboxylic acids is 1. The van der Waals surface area contributed by atoms with E-state index in [0.29, 0.717) is 12.1 Å². The number of rotatable bonds is 8. The van der Waals surface area contributed by atoms with Crippen LogP contribution in [0.2, 0.25) is 0 Å². The van der Waals surface area contributed by atoms with Crippen LogP contribution in [0.4, 0.5) is 0 Å². The Labute approximate surface area is 139 Å². The Bertz CT molecular complexity index is 682. The zero-order chi connectivity index (χ0) is 16.7. The number of carbonyl (C=O) groups is 2. The lowest BCUT2D eigenvalue weighted by Gasteiger charge is -2.07. The maximum Gasteiger partial charge on any atom is 0.335 e. The van der Waals surface area contributed by atoms with Gasteiger partial charge in [-0.05, 0) is 37.8 Å². The number of unbranched alkanes of at least 4 members (excludes halogenated alkanes) is 1. The first-order chi connectivity index (χ1) is 11.1. The van der Waals surface area contributed by atoms with Crippen LogP contribution >= 0.6 is 11.3 Å². The lowest BCUT2D eigenvalue weighted by Crippen LogP contribution is -2.26. The van der Waals surface area contributed by atoms with Crippen molar-refractivity contribution < 1.29 is 14.7 Å². The van der Waals surface area contributed by atoms with Gasteiger partial charge in [0, 0.05) is 17.6 Å². The third-order valence-electron chi connectivity index (χ3n) is 3.40. The van der Waals surface area contributed by atoms with E-state index in [1.807, 2.05) is 12.3 Å². The molecule has 2 rings (SSSR count). The van der Waals surface area contributed by atoms with Crippen molar-refractivity contribution in [3.8, 4) is 0 Å². The van der Waals surface area contributed by atoms with E-state index in [9.17, 15) is 9.59 Å². The predicted octanol–water partition coefficient (Wildman–Crippen LogP) is 2.83. The summed E-state index contributed by atoms with van der Waals surface area (Å²) in [6.07, 6.45) is 2.87. The molecule has 1 aromatic carbocycles. The number of aryl methyl sites for hydroxylation is 2. The Balaban J connectivity index is 1.70. The van der Waals surface area contributed by atoms with Crippen LogP contribution in [0.3, 0.4) is 0 Å². The molecule has 0 spiro atoms. The van der Waals surface area contributed by atoms with E-state index in [1.165, 1.54) is 6.07 Å². The summed E-state index contributed by atoms with van der Waals surface area (Å²) in [4.78, 5) is 27.4. The van der Waals surface area contributed by atoms with Gasteiger partial charge in [0.05, 0.1) is 17.0 Å². The fraction of sp³-hybridized carbons (Fsp3) is 0.353. The first-order valence-corrected chi connectivity index (χ1v) is 8.43. The summed E-state index contributed by atoms with van der Waals surface area (Å²) in [5.41, 5.74) is 1.77. The minimum atomic E-state index is -1.01. The molecule has 1 amide bonds. The number of thiazole rings is 1. The highest BCUT2D eigenvalue weighted by Crippen LogP contribution is 2.12. The molecule has 2 aromatic rings. The van der Waals surface area contributed by atoms with Crippen LogP contribution in [0, 0.1) is 6.92 Å². The van der Waals surface area contributed by atoms with Crippen molar-refractivity contribution in [1.82, 2.24) is 10.3 Å². The lowest BCUT2D eigenvalue weighted by molar-refractivity contribution is -0.120. The number of benzene rings is 1. The van der Waals surface area contributed by atoms with Gasteiger partial charge in [-0.3, -0.25) is 4.79 Å². The maximum atomic E-state index is 11.9. The van der Waals surface area contributed by atoms with Crippen molar-refractivity contribution in [3.63, 3.8) is 0 Å². The van der Waals surface area contributed by atoms with Gasteiger partial charge in [0.1, 0.15) is 0 Å². The van der Waals surface area contributed by atoms with Crippen LogP contribution in [0.25, 0.3) is 0 Å². The Morgan fingerprint density at radius 1 is 1.26 bits per heavy atom. The fourth-order valence-corrected chi connectivity index (χ4v) is 3.08. The highest BCUT2D eigenvalue weighted by atomic mass is 32.1. The highest BCUT2D eigenvalue weighted by Gasteiger charge is 2.12. The molecule has 0 atom stereocenters. The van der Waals surface area contributed by atoms with Gasteiger partial charge in [-0.2, -0.15) is 0 Å². The van der Waals surface area contributed by atoms with Crippen molar-refractivity contribution in [2.75, 3.05) is 6.54 Å². The SMILES string of the molecule is Cc1csc(CCCCNC(=O)Cc2ccccc2C(=O)O)n1. The first kappa shape index (κ1) is 17.1. The molecule has 0 radical (unpaired) electrons. The van der Waals surface area contributed by atoms with Crippen molar-refractivity contribution >= 4 is 23.2 Å². The number of nitrogens with one attached hydrogen (secondary N) is 1. The topological polar surface area (TPSA) is 79.3 Å². The van der Waals surface area contributed by atoms with Gasteiger partial charge in [0.2, 0.25) is 5.91 Å². The molecule has 5 nitrogen and oxygen atoms in total. The first-order valence-electron chi connectivity index (χ1n) is 7.55. The molecule has 0 unspecified atom stereocenters.